The van der Waals surface area contributed by atoms with Gasteiger partial charge < -0.3 is 5.32 Å². The van der Waals surface area contributed by atoms with Gasteiger partial charge in [0.25, 0.3) is 0 Å². The van der Waals surface area contributed by atoms with Crippen molar-refractivity contribution in [3.05, 3.63) is 35.2 Å². The van der Waals surface area contributed by atoms with Gasteiger partial charge in [0, 0.05) is 22.0 Å². The Labute approximate surface area is 108 Å². The molecule has 2 aromatic rings. The Balaban J connectivity index is 2.01. The molecular weight excluding hydrogens is 226 g/mol. The number of nitrogens with one attached hydrogen (secondary N) is 1. The van der Waals surface area contributed by atoms with Crippen LogP contribution >= 0.6 is 11.3 Å². The van der Waals surface area contributed by atoms with Gasteiger partial charge in [-0.15, -0.1) is 11.3 Å². The van der Waals surface area contributed by atoms with Crippen LogP contribution in [0.5, 0.6) is 0 Å². The van der Waals surface area contributed by atoms with Gasteiger partial charge in [0.05, 0.1) is 0 Å². The summed E-state index contributed by atoms with van der Waals surface area (Å²) in [5.41, 5.74) is 0. The molecule has 0 spiro atoms. The predicted octanol–water partition coefficient (Wildman–Crippen LogP) is 4.25. The van der Waals surface area contributed by atoms with Crippen LogP contribution in [0.3, 0.4) is 0 Å². The third-order valence-electron chi connectivity index (χ3n) is 2.93. The summed E-state index contributed by atoms with van der Waals surface area (Å²) in [7, 11) is 0. The lowest BCUT2D eigenvalue weighted by Crippen LogP contribution is -2.23. The van der Waals surface area contributed by atoms with E-state index >= 15 is 0 Å². The van der Waals surface area contributed by atoms with Gasteiger partial charge in [0.2, 0.25) is 0 Å². The zero-order valence-corrected chi connectivity index (χ0v) is 11.7. The fourth-order valence-electron chi connectivity index (χ4n) is 1.93. The van der Waals surface area contributed by atoms with Gasteiger partial charge in [0.15, 0.2) is 0 Å². The molecule has 2 heteroatoms. The maximum atomic E-state index is 3.53. The van der Waals surface area contributed by atoms with Crippen LogP contribution in [-0.4, -0.2) is 13.1 Å². The van der Waals surface area contributed by atoms with Gasteiger partial charge in [-0.3, -0.25) is 0 Å². The van der Waals surface area contributed by atoms with E-state index in [1.165, 1.54) is 15.0 Å². The van der Waals surface area contributed by atoms with E-state index in [1.807, 2.05) is 11.3 Å². The van der Waals surface area contributed by atoms with Gasteiger partial charge in [-0.25, -0.2) is 0 Å². The first-order valence-electron chi connectivity index (χ1n) is 6.36. The van der Waals surface area contributed by atoms with Crippen molar-refractivity contribution in [3.8, 4) is 0 Å². The SMILES string of the molecule is CC(C)CNCC(C)c1cc2ccccc2s1. The normalized spacial score (nSPS) is 13.4. The quantitative estimate of drug-likeness (QED) is 0.833. The molecule has 1 N–H and O–H groups in total. The summed E-state index contributed by atoms with van der Waals surface area (Å²) in [5, 5.41) is 4.91. The molecular formula is C15H21NS. The smallest absolute Gasteiger partial charge is 0.0345 e. The highest BCUT2D eigenvalue weighted by molar-refractivity contribution is 7.19. The van der Waals surface area contributed by atoms with Crippen molar-refractivity contribution < 1.29 is 0 Å². The number of hydrogen-bond donors (Lipinski definition) is 1. The van der Waals surface area contributed by atoms with Crippen molar-refractivity contribution >= 4 is 21.4 Å². The molecule has 2 rings (SSSR count). The minimum Gasteiger partial charge on any atom is -0.316 e. The lowest BCUT2D eigenvalue weighted by Gasteiger charge is -2.12. The number of benzene rings is 1. The Morgan fingerprint density at radius 3 is 2.59 bits per heavy atom. The Hall–Kier alpha value is -0.860. The lowest BCUT2D eigenvalue weighted by atomic mass is 10.1. The molecule has 92 valence electrons. The van der Waals surface area contributed by atoms with Crippen LogP contribution in [-0.2, 0) is 0 Å². The van der Waals surface area contributed by atoms with Gasteiger partial charge in [-0.1, -0.05) is 39.0 Å². The number of rotatable bonds is 5. The second kappa shape index (κ2) is 5.65. The van der Waals surface area contributed by atoms with Crippen LogP contribution in [0, 0.1) is 5.92 Å². The summed E-state index contributed by atoms with van der Waals surface area (Å²) in [6.07, 6.45) is 0. The molecule has 0 aliphatic rings. The molecule has 0 saturated carbocycles. The zero-order chi connectivity index (χ0) is 12.3. The van der Waals surface area contributed by atoms with Crippen LogP contribution in [0.4, 0.5) is 0 Å². The van der Waals surface area contributed by atoms with Crippen molar-refractivity contribution in [1.29, 1.82) is 0 Å². The molecule has 0 bridgehead atoms. The van der Waals surface area contributed by atoms with E-state index in [-0.39, 0.29) is 0 Å². The Morgan fingerprint density at radius 2 is 1.88 bits per heavy atom. The van der Waals surface area contributed by atoms with E-state index in [2.05, 4.69) is 56.4 Å². The van der Waals surface area contributed by atoms with Crippen molar-refractivity contribution in [2.24, 2.45) is 5.92 Å². The molecule has 1 heterocycles. The molecule has 1 atom stereocenters. The molecule has 0 saturated heterocycles. The van der Waals surface area contributed by atoms with E-state index in [1.54, 1.807) is 0 Å². The number of thiophene rings is 1. The third kappa shape index (κ3) is 3.30. The van der Waals surface area contributed by atoms with Gasteiger partial charge in [0.1, 0.15) is 0 Å². The fourth-order valence-corrected chi connectivity index (χ4v) is 3.05. The summed E-state index contributed by atoms with van der Waals surface area (Å²) in [6.45, 7) is 8.98. The van der Waals surface area contributed by atoms with Crippen LogP contribution in [0.1, 0.15) is 31.6 Å². The summed E-state index contributed by atoms with van der Waals surface area (Å²) in [6, 6.07) is 11.0. The highest BCUT2D eigenvalue weighted by atomic mass is 32.1. The molecule has 1 aromatic carbocycles. The highest BCUT2D eigenvalue weighted by Crippen LogP contribution is 2.30. The average molecular weight is 247 g/mol. The minimum absolute atomic E-state index is 0.603. The van der Waals surface area contributed by atoms with Crippen molar-refractivity contribution in [2.45, 2.75) is 26.7 Å². The maximum absolute atomic E-state index is 3.53. The topological polar surface area (TPSA) is 12.0 Å². The zero-order valence-electron chi connectivity index (χ0n) is 10.9. The first-order valence-corrected chi connectivity index (χ1v) is 7.17. The third-order valence-corrected chi connectivity index (χ3v) is 4.28. The van der Waals surface area contributed by atoms with Crippen LogP contribution in [0.2, 0.25) is 0 Å². The monoisotopic (exact) mass is 247 g/mol. The van der Waals surface area contributed by atoms with E-state index in [0.29, 0.717) is 5.92 Å². The predicted molar refractivity (Wildman–Crippen MR) is 77.9 cm³/mol. The molecule has 1 nitrogen and oxygen atoms in total. The molecule has 0 aliphatic carbocycles. The lowest BCUT2D eigenvalue weighted by molar-refractivity contribution is 0.531. The van der Waals surface area contributed by atoms with E-state index < -0.39 is 0 Å². The first kappa shape index (κ1) is 12.6. The number of hydrogen-bond acceptors (Lipinski definition) is 2. The molecule has 0 amide bonds. The van der Waals surface area contributed by atoms with Crippen LogP contribution in [0.25, 0.3) is 10.1 Å². The molecule has 1 aromatic heterocycles. The van der Waals surface area contributed by atoms with Gasteiger partial charge in [-0.2, -0.15) is 0 Å². The van der Waals surface area contributed by atoms with Crippen molar-refractivity contribution in [2.75, 3.05) is 13.1 Å². The summed E-state index contributed by atoms with van der Waals surface area (Å²) in [5.74, 6) is 1.33. The standard InChI is InChI=1S/C15H21NS/c1-11(2)9-16-10-12(3)15-8-13-6-4-5-7-14(13)17-15/h4-8,11-12,16H,9-10H2,1-3H3. The molecule has 0 radical (unpaired) electrons. The molecule has 1 unspecified atom stereocenters. The second-order valence-corrected chi connectivity index (χ2v) is 6.26. The van der Waals surface area contributed by atoms with Crippen LogP contribution < -0.4 is 5.32 Å². The summed E-state index contributed by atoms with van der Waals surface area (Å²) in [4.78, 5) is 1.49. The molecule has 0 fully saturated rings. The van der Waals surface area contributed by atoms with Gasteiger partial charge >= 0.3 is 0 Å². The molecule has 0 aliphatic heterocycles. The average Bonchev–Trinajstić information content (AvgIpc) is 2.71. The first-order chi connectivity index (χ1) is 8.16. The van der Waals surface area contributed by atoms with E-state index in [9.17, 15) is 0 Å². The van der Waals surface area contributed by atoms with E-state index in [4.69, 9.17) is 0 Å². The van der Waals surface area contributed by atoms with Gasteiger partial charge in [-0.05, 0) is 30.0 Å². The summed E-state index contributed by atoms with van der Waals surface area (Å²) >= 11 is 1.92. The number of fused-ring (bicyclic) bond motifs is 1. The largest absolute Gasteiger partial charge is 0.316 e. The fraction of sp³-hybridized carbons (Fsp3) is 0.467. The Bertz CT molecular complexity index is 439. The second-order valence-electron chi connectivity index (χ2n) is 5.14. The Morgan fingerprint density at radius 1 is 1.12 bits per heavy atom. The van der Waals surface area contributed by atoms with Crippen LogP contribution in [0.15, 0.2) is 30.3 Å². The van der Waals surface area contributed by atoms with E-state index in [0.717, 1.165) is 19.0 Å². The highest BCUT2D eigenvalue weighted by Gasteiger charge is 2.09. The Kier molecular flexibility index (Phi) is 4.19. The van der Waals surface area contributed by atoms with Crippen molar-refractivity contribution in [1.82, 2.24) is 5.32 Å². The van der Waals surface area contributed by atoms with Crippen molar-refractivity contribution in [3.63, 3.8) is 0 Å². The summed E-state index contributed by atoms with van der Waals surface area (Å²) < 4.78 is 1.40. The maximum Gasteiger partial charge on any atom is 0.0345 e. The minimum atomic E-state index is 0.603. The molecule has 17 heavy (non-hydrogen) atoms.